The summed E-state index contributed by atoms with van der Waals surface area (Å²) < 4.78 is 4.94. The van der Waals surface area contributed by atoms with Gasteiger partial charge in [-0.3, -0.25) is 4.79 Å². The first-order valence-corrected chi connectivity index (χ1v) is 2.77. The highest BCUT2D eigenvalue weighted by Gasteiger charge is 1.95. The van der Waals surface area contributed by atoms with Crippen LogP contribution in [0, 0.1) is 13.8 Å². The van der Waals surface area contributed by atoms with E-state index in [2.05, 4.69) is 0 Å². The van der Waals surface area contributed by atoms with Crippen LogP contribution in [0.4, 0.5) is 0 Å². The summed E-state index contributed by atoms with van der Waals surface area (Å²) in [5.74, 6) is 0.697. The summed E-state index contributed by atoms with van der Waals surface area (Å²) in [6.07, 6.45) is 1.41. The summed E-state index contributed by atoms with van der Waals surface area (Å²) in [7, 11) is 0. The summed E-state index contributed by atoms with van der Waals surface area (Å²) in [4.78, 5) is 10.8. The Bertz CT molecular complexity index is 260. The van der Waals surface area contributed by atoms with Gasteiger partial charge in [0, 0.05) is 11.6 Å². The minimum Gasteiger partial charge on any atom is -0.469 e. The van der Waals surface area contributed by atoms with Gasteiger partial charge in [0.25, 0.3) is 0 Å². The smallest absolute Gasteiger partial charge is 0.187 e. The molecule has 0 amide bonds. The Labute approximate surface area is 53.1 Å². The third kappa shape index (κ3) is 1.02. The van der Waals surface area contributed by atoms with Crippen molar-refractivity contribution in [3.63, 3.8) is 0 Å². The Kier molecular flexibility index (Phi) is 1.39. The van der Waals surface area contributed by atoms with Gasteiger partial charge in [-0.1, -0.05) is 0 Å². The van der Waals surface area contributed by atoms with Crippen molar-refractivity contribution in [1.82, 2.24) is 0 Å². The van der Waals surface area contributed by atoms with Gasteiger partial charge in [0.1, 0.15) is 5.76 Å². The van der Waals surface area contributed by atoms with Crippen molar-refractivity contribution in [2.45, 2.75) is 13.8 Å². The number of aryl methyl sites for hydroxylation is 1. The van der Waals surface area contributed by atoms with Crippen LogP contribution in [-0.4, -0.2) is 0 Å². The molecule has 0 N–H and O–H groups in total. The monoisotopic (exact) mass is 124 g/mol. The highest BCUT2D eigenvalue weighted by Crippen LogP contribution is 1.97. The summed E-state index contributed by atoms with van der Waals surface area (Å²) in [6, 6.07) is 1.42. The van der Waals surface area contributed by atoms with Gasteiger partial charge < -0.3 is 4.42 Å². The van der Waals surface area contributed by atoms with Gasteiger partial charge in [0.15, 0.2) is 5.43 Å². The first-order valence-electron chi connectivity index (χ1n) is 2.77. The lowest BCUT2D eigenvalue weighted by Gasteiger charge is -1.92. The predicted octanol–water partition coefficient (Wildman–Crippen LogP) is 1.26. The Morgan fingerprint density at radius 3 is 2.56 bits per heavy atom. The van der Waals surface area contributed by atoms with Crippen LogP contribution in [-0.2, 0) is 0 Å². The van der Waals surface area contributed by atoms with E-state index < -0.39 is 0 Å². The molecule has 1 heterocycles. The van der Waals surface area contributed by atoms with Crippen molar-refractivity contribution in [2.24, 2.45) is 0 Å². The van der Waals surface area contributed by atoms with Crippen LogP contribution in [0.15, 0.2) is 21.5 Å². The minimum absolute atomic E-state index is 0.0405. The highest BCUT2D eigenvalue weighted by atomic mass is 16.3. The van der Waals surface area contributed by atoms with Gasteiger partial charge in [0.2, 0.25) is 0 Å². The normalized spacial score (nSPS) is 9.56. The second-order valence-corrected chi connectivity index (χ2v) is 1.97. The topological polar surface area (TPSA) is 30.2 Å². The third-order valence-corrected chi connectivity index (χ3v) is 1.36. The van der Waals surface area contributed by atoms with Gasteiger partial charge in [-0.2, -0.15) is 0 Å². The molecule has 48 valence electrons. The minimum atomic E-state index is 0.0405. The average molecular weight is 124 g/mol. The standard InChI is InChI=1S/C7H8O2/c1-5-6(2)9-4-3-7(5)8/h3-4H,1-2H3. The average Bonchev–Trinajstić information content (AvgIpc) is 1.83. The van der Waals surface area contributed by atoms with Crippen molar-refractivity contribution >= 4 is 0 Å². The Morgan fingerprint density at radius 2 is 2.11 bits per heavy atom. The van der Waals surface area contributed by atoms with E-state index in [-0.39, 0.29) is 5.43 Å². The molecule has 1 aromatic heterocycles. The van der Waals surface area contributed by atoms with Crippen LogP contribution in [0.25, 0.3) is 0 Å². The second-order valence-electron chi connectivity index (χ2n) is 1.97. The summed E-state index contributed by atoms with van der Waals surface area (Å²) in [5, 5.41) is 0. The zero-order chi connectivity index (χ0) is 6.85. The van der Waals surface area contributed by atoms with Crippen LogP contribution in [0.3, 0.4) is 0 Å². The first kappa shape index (κ1) is 6.08. The molecule has 2 heteroatoms. The van der Waals surface area contributed by atoms with Gasteiger partial charge in [-0.15, -0.1) is 0 Å². The van der Waals surface area contributed by atoms with Crippen LogP contribution in [0.5, 0.6) is 0 Å². The first-order chi connectivity index (χ1) is 4.22. The molecule has 1 rings (SSSR count). The fraction of sp³-hybridized carbons (Fsp3) is 0.286. The summed E-state index contributed by atoms with van der Waals surface area (Å²) in [6.45, 7) is 3.53. The van der Waals surface area contributed by atoms with E-state index in [1.807, 2.05) is 0 Å². The molecule has 0 bridgehead atoms. The third-order valence-electron chi connectivity index (χ3n) is 1.36. The molecular weight excluding hydrogens is 116 g/mol. The SMILES string of the molecule is Cc1occc(=O)c1C. The fourth-order valence-corrected chi connectivity index (χ4v) is 0.585. The lowest BCUT2D eigenvalue weighted by Crippen LogP contribution is -2.03. The van der Waals surface area contributed by atoms with Gasteiger partial charge in [0.05, 0.1) is 6.26 Å². The Balaban J connectivity index is 3.43. The molecule has 0 aliphatic heterocycles. The molecule has 0 saturated carbocycles. The molecule has 0 saturated heterocycles. The molecule has 0 spiro atoms. The largest absolute Gasteiger partial charge is 0.469 e. The van der Waals surface area contributed by atoms with Crippen molar-refractivity contribution in [3.8, 4) is 0 Å². The molecule has 9 heavy (non-hydrogen) atoms. The fourth-order valence-electron chi connectivity index (χ4n) is 0.585. The molecule has 2 nitrogen and oxygen atoms in total. The van der Waals surface area contributed by atoms with E-state index in [0.29, 0.717) is 11.3 Å². The van der Waals surface area contributed by atoms with E-state index in [9.17, 15) is 4.79 Å². The number of hydrogen-bond acceptors (Lipinski definition) is 2. The zero-order valence-electron chi connectivity index (χ0n) is 5.47. The van der Waals surface area contributed by atoms with Crippen molar-refractivity contribution in [1.29, 1.82) is 0 Å². The molecule has 0 aliphatic rings. The maximum Gasteiger partial charge on any atom is 0.187 e. The van der Waals surface area contributed by atoms with E-state index >= 15 is 0 Å². The predicted molar refractivity (Wildman–Crippen MR) is 34.5 cm³/mol. The molecular formula is C7H8O2. The quantitative estimate of drug-likeness (QED) is 0.521. The zero-order valence-corrected chi connectivity index (χ0v) is 5.47. The molecule has 0 atom stereocenters. The molecule has 0 radical (unpaired) electrons. The molecule has 0 aromatic carbocycles. The number of hydrogen-bond donors (Lipinski definition) is 0. The number of rotatable bonds is 0. The Morgan fingerprint density at radius 1 is 1.44 bits per heavy atom. The van der Waals surface area contributed by atoms with Crippen LogP contribution in [0.2, 0.25) is 0 Å². The van der Waals surface area contributed by atoms with Crippen molar-refractivity contribution < 1.29 is 4.42 Å². The van der Waals surface area contributed by atoms with Crippen LogP contribution in [0.1, 0.15) is 11.3 Å². The van der Waals surface area contributed by atoms with Crippen molar-refractivity contribution in [2.75, 3.05) is 0 Å². The van der Waals surface area contributed by atoms with E-state index in [1.54, 1.807) is 13.8 Å². The molecule has 1 aromatic rings. The van der Waals surface area contributed by atoms with E-state index in [1.165, 1.54) is 12.3 Å². The van der Waals surface area contributed by atoms with Gasteiger partial charge >= 0.3 is 0 Å². The molecule has 0 fully saturated rings. The molecule has 0 aliphatic carbocycles. The van der Waals surface area contributed by atoms with Crippen LogP contribution < -0.4 is 5.43 Å². The van der Waals surface area contributed by atoms with E-state index in [0.717, 1.165) is 0 Å². The van der Waals surface area contributed by atoms with Gasteiger partial charge in [-0.05, 0) is 13.8 Å². The van der Waals surface area contributed by atoms with Gasteiger partial charge in [-0.25, -0.2) is 0 Å². The van der Waals surface area contributed by atoms with E-state index in [4.69, 9.17) is 4.42 Å². The highest BCUT2D eigenvalue weighted by molar-refractivity contribution is 5.12. The second kappa shape index (κ2) is 2.05. The maximum absolute atomic E-state index is 10.8. The lowest BCUT2D eigenvalue weighted by atomic mass is 10.2. The Hall–Kier alpha value is -1.05. The summed E-state index contributed by atoms with van der Waals surface area (Å²) >= 11 is 0. The maximum atomic E-state index is 10.8. The van der Waals surface area contributed by atoms with Crippen molar-refractivity contribution in [3.05, 3.63) is 33.9 Å². The lowest BCUT2D eigenvalue weighted by molar-refractivity contribution is 0.509. The molecule has 0 unspecified atom stereocenters. The van der Waals surface area contributed by atoms with Crippen LogP contribution >= 0.6 is 0 Å². The summed E-state index contributed by atoms with van der Waals surface area (Å²) in [5.41, 5.74) is 0.733.